The van der Waals surface area contributed by atoms with E-state index in [0.717, 1.165) is 63.6 Å². The van der Waals surface area contributed by atoms with Gasteiger partial charge < -0.3 is 25.2 Å². The Labute approximate surface area is 242 Å². The van der Waals surface area contributed by atoms with Crippen LogP contribution in [0.4, 0.5) is 5.69 Å². The second-order valence-corrected chi connectivity index (χ2v) is 12.4. The Hall–Kier alpha value is -2.42. The highest BCUT2D eigenvalue weighted by molar-refractivity contribution is 6.31. The van der Waals surface area contributed by atoms with Gasteiger partial charge in [0, 0.05) is 23.3 Å². The van der Waals surface area contributed by atoms with Crippen LogP contribution in [0.5, 0.6) is 0 Å². The fourth-order valence-corrected chi connectivity index (χ4v) is 7.16. The van der Waals surface area contributed by atoms with Crippen LogP contribution in [0, 0.1) is 18.8 Å². The van der Waals surface area contributed by atoms with Gasteiger partial charge in [0.1, 0.15) is 11.6 Å². The van der Waals surface area contributed by atoms with E-state index in [1.807, 2.05) is 25.1 Å². The molecule has 4 aliphatic rings. The van der Waals surface area contributed by atoms with Gasteiger partial charge >= 0.3 is 0 Å². The first-order valence-electron chi connectivity index (χ1n) is 15.0. The largest absolute Gasteiger partial charge is 0.359 e. The SMILES string of the molecule is CCCCN(C)CCCN1C(=O)[C@H]2[C@H](C(=O)Nc3ccc(C)c(Cl)c3)[C@H]3C=C[C@@]2(O3)[C@H]1C(=O)NC1CCCCC1. The number of benzene rings is 1. The quantitative estimate of drug-likeness (QED) is 0.387. The second kappa shape index (κ2) is 12.2. The molecular weight excluding hydrogens is 528 g/mol. The number of nitrogens with one attached hydrogen (secondary N) is 2. The van der Waals surface area contributed by atoms with E-state index < -0.39 is 29.6 Å². The van der Waals surface area contributed by atoms with E-state index in [-0.39, 0.29) is 23.8 Å². The molecule has 218 valence electrons. The fourth-order valence-electron chi connectivity index (χ4n) is 6.98. The molecule has 1 aliphatic carbocycles. The predicted molar refractivity (Wildman–Crippen MR) is 156 cm³/mol. The lowest BCUT2D eigenvalue weighted by Crippen LogP contribution is -2.56. The Morgan fingerprint density at radius 1 is 1.15 bits per heavy atom. The molecule has 1 aromatic carbocycles. The van der Waals surface area contributed by atoms with Crippen molar-refractivity contribution < 1.29 is 19.1 Å². The topological polar surface area (TPSA) is 91.0 Å². The maximum absolute atomic E-state index is 14.1. The third kappa shape index (κ3) is 5.55. The van der Waals surface area contributed by atoms with E-state index in [1.54, 1.807) is 17.0 Å². The molecule has 3 heterocycles. The summed E-state index contributed by atoms with van der Waals surface area (Å²) in [6.07, 6.45) is 11.5. The number of carbonyl (C=O) groups excluding carboxylic acids is 3. The van der Waals surface area contributed by atoms with Gasteiger partial charge in [-0.2, -0.15) is 0 Å². The van der Waals surface area contributed by atoms with Crippen molar-refractivity contribution in [2.24, 2.45) is 11.8 Å². The number of nitrogens with zero attached hydrogens (tertiary/aromatic N) is 2. The maximum Gasteiger partial charge on any atom is 0.246 e. The number of aryl methyl sites for hydroxylation is 1. The summed E-state index contributed by atoms with van der Waals surface area (Å²) in [5.41, 5.74) is 0.352. The summed E-state index contributed by atoms with van der Waals surface area (Å²) in [5, 5.41) is 6.77. The second-order valence-electron chi connectivity index (χ2n) is 12.0. The van der Waals surface area contributed by atoms with Gasteiger partial charge in [-0.3, -0.25) is 14.4 Å². The molecule has 2 saturated heterocycles. The summed E-state index contributed by atoms with van der Waals surface area (Å²) in [7, 11) is 2.09. The van der Waals surface area contributed by atoms with E-state index in [0.29, 0.717) is 17.3 Å². The van der Waals surface area contributed by atoms with Crippen LogP contribution < -0.4 is 10.6 Å². The number of unbranched alkanes of at least 4 members (excludes halogenated alkanes) is 1. The number of carbonyl (C=O) groups is 3. The molecule has 5 rings (SSSR count). The average Bonchev–Trinajstić information content (AvgIpc) is 3.57. The molecule has 8 nitrogen and oxygen atoms in total. The first-order chi connectivity index (χ1) is 19.2. The number of halogens is 1. The van der Waals surface area contributed by atoms with Crippen molar-refractivity contribution in [2.75, 3.05) is 32.0 Å². The number of fused-ring (bicyclic) bond motifs is 1. The lowest BCUT2D eigenvalue weighted by molar-refractivity contribution is -0.141. The lowest BCUT2D eigenvalue weighted by Gasteiger charge is -2.34. The molecule has 3 aliphatic heterocycles. The third-order valence-electron chi connectivity index (χ3n) is 9.15. The Balaban J connectivity index is 1.37. The predicted octanol–water partition coefficient (Wildman–Crippen LogP) is 4.31. The molecule has 3 amide bonds. The van der Waals surface area contributed by atoms with Gasteiger partial charge in [0.2, 0.25) is 17.7 Å². The van der Waals surface area contributed by atoms with Crippen molar-refractivity contribution in [3.8, 4) is 0 Å². The zero-order valence-corrected chi connectivity index (χ0v) is 24.7. The van der Waals surface area contributed by atoms with E-state index >= 15 is 0 Å². The van der Waals surface area contributed by atoms with Crippen LogP contribution in [0.1, 0.15) is 63.9 Å². The van der Waals surface area contributed by atoms with E-state index in [4.69, 9.17) is 16.3 Å². The molecule has 2 bridgehead atoms. The molecule has 0 radical (unpaired) electrons. The molecule has 1 spiro atoms. The summed E-state index contributed by atoms with van der Waals surface area (Å²) < 4.78 is 6.47. The Morgan fingerprint density at radius 3 is 2.62 bits per heavy atom. The molecule has 2 N–H and O–H groups in total. The zero-order chi connectivity index (χ0) is 28.4. The Bertz CT molecular complexity index is 1150. The summed E-state index contributed by atoms with van der Waals surface area (Å²) in [5.74, 6) is -2.10. The molecule has 5 atom stereocenters. The van der Waals surface area contributed by atoms with Crippen LogP contribution in [0.15, 0.2) is 30.4 Å². The van der Waals surface area contributed by atoms with Crippen LogP contribution in [0.25, 0.3) is 0 Å². The first kappa shape index (κ1) is 29.1. The van der Waals surface area contributed by atoms with Gasteiger partial charge in [-0.15, -0.1) is 0 Å². The number of rotatable bonds is 11. The van der Waals surface area contributed by atoms with Crippen LogP contribution in [0.3, 0.4) is 0 Å². The normalized spacial score (nSPS) is 29.3. The van der Waals surface area contributed by atoms with Crippen molar-refractivity contribution in [1.29, 1.82) is 0 Å². The maximum atomic E-state index is 14.1. The minimum atomic E-state index is -1.14. The highest BCUT2D eigenvalue weighted by atomic mass is 35.5. The average molecular weight is 571 g/mol. The molecule has 3 fully saturated rings. The molecule has 1 saturated carbocycles. The van der Waals surface area contributed by atoms with Gasteiger partial charge in [0.25, 0.3) is 0 Å². The molecule has 40 heavy (non-hydrogen) atoms. The Kier molecular flexibility index (Phi) is 8.88. The minimum Gasteiger partial charge on any atom is -0.359 e. The smallest absolute Gasteiger partial charge is 0.246 e. The van der Waals surface area contributed by atoms with Crippen LogP contribution in [0.2, 0.25) is 5.02 Å². The number of hydrogen-bond acceptors (Lipinski definition) is 5. The van der Waals surface area contributed by atoms with Crippen molar-refractivity contribution >= 4 is 35.0 Å². The number of hydrogen-bond donors (Lipinski definition) is 2. The Morgan fingerprint density at radius 2 is 1.90 bits per heavy atom. The molecule has 0 aromatic heterocycles. The number of ether oxygens (including phenoxy) is 1. The van der Waals surface area contributed by atoms with Crippen LogP contribution in [-0.4, -0.2) is 78.0 Å². The van der Waals surface area contributed by atoms with E-state index in [9.17, 15) is 14.4 Å². The standard InChI is InChI=1S/C31H43ClN4O4/c1-4-5-16-35(3)17-9-18-36-27(29(38)33-21-10-7-6-8-11-21)31-15-14-24(40-31)25(26(31)30(36)39)28(37)34-22-13-12-20(2)23(32)19-22/h12-15,19,21,24-27H,4-11,16-18H2,1-3H3,(H,33,38)(H,34,37)/t24-,25-,26-,27-,31+/m1/s1. The highest BCUT2D eigenvalue weighted by Gasteiger charge is 2.72. The number of anilines is 1. The van der Waals surface area contributed by atoms with E-state index in [1.165, 1.54) is 6.42 Å². The van der Waals surface area contributed by atoms with E-state index in [2.05, 4.69) is 29.5 Å². The van der Waals surface area contributed by atoms with Crippen molar-refractivity contribution in [3.05, 3.63) is 40.9 Å². The summed E-state index contributed by atoms with van der Waals surface area (Å²) in [6.45, 7) is 6.35. The van der Waals surface area contributed by atoms with Gasteiger partial charge in [-0.25, -0.2) is 0 Å². The third-order valence-corrected chi connectivity index (χ3v) is 9.56. The van der Waals surface area contributed by atoms with Gasteiger partial charge in [0.15, 0.2) is 0 Å². The van der Waals surface area contributed by atoms with Gasteiger partial charge in [0.05, 0.1) is 17.9 Å². The summed E-state index contributed by atoms with van der Waals surface area (Å²) >= 11 is 6.29. The molecule has 9 heteroatoms. The first-order valence-corrected chi connectivity index (χ1v) is 15.4. The minimum absolute atomic E-state index is 0.113. The van der Waals surface area contributed by atoms with Crippen molar-refractivity contribution in [3.63, 3.8) is 0 Å². The van der Waals surface area contributed by atoms with Crippen LogP contribution in [-0.2, 0) is 19.1 Å². The zero-order valence-electron chi connectivity index (χ0n) is 24.0. The van der Waals surface area contributed by atoms with Crippen molar-refractivity contribution in [1.82, 2.24) is 15.1 Å². The summed E-state index contributed by atoms with van der Waals surface area (Å²) in [6, 6.07) is 4.69. The monoisotopic (exact) mass is 570 g/mol. The number of amides is 3. The van der Waals surface area contributed by atoms with Crippen molar-refractivity contribution in [2.45, 2.75) is 89.0 Å². The molecule has 0 unspecified atom stereocenters. The van der Waals surface area contributed by atoms with Gasteiger partial charge in [-0.05, 0) is 70.4 Å². The highest BCUT2D eigenvalue weighted by Crippen LogP contribution is 2.55. The fraction of sp³-hybridized carbons (Fsp3) is 0.645. The van der Waals surface area contributed by atoms with Gasteiger partial charge in [-0.1, -0.05) is 62.4 Å². The molecular formula is C31H43ClN4O4. The lowest BCUT2D eigenvalue weighted by atomic mass is 9.74. The summed E-state index contributed by atoms with van der Waals surface area (Å²) in [4.78, 5) is 45.6. The molecule has 1 aromatic rings. The number of likely N-dealkylation sites (tertiary alicyclic amines) is 1. The van der Waals surface area contributed by atoms with Crippen LogP contribution >= 0.6 is 11.6 Å².